The molecule has 794 valence electrons. The van der Waals surface area contributed by atoms with Gasteiger partial charge in [-0.25, -0.2) is 0 Å². The van der Waals surface area contributed by atoms with Crippen molar-refractivity contribution in [1.29, 1.82) is 10.8 Å². The van der Waals surface area contributed by atoms with Crippen LogP contribution in [0, 0.1) is 34.5 Å². The van der Waals surface area contributed by atoms with Crippen molar-refractivity contribution in [2.24, 2.45) is 58.1 Å². The van der Waals surface area contributed by atoms with Gasteiger partial charge < -0.3 is 145 Å². The molecule has 0 fully saturated rings. The normalized spacial score (nSPS) is 15.2. The summed E-state index contributed by atoms with van der Waals surface area (Å²) in [5.74, 6) is -17.4. The van der Waals surface area contributed by atoms with E-state index in [1.165, 1.54) is 58.9 Å². The summed E-state index contributed by atoms with van der Waals surface area (Å²) in [4.78, 5) is 246. The first-order valence-electron chi connectivity index (χ1n) is 49.1. The number of nitrogens with one attached hydrogen (secondary N) is 21. The highest BCUT2D eigenvalue weighted by Crippen LogP contribution is 2.22. The molecule has 3 aromatic carbocycles. The molecule has 35 N–H and O–H groups in total. The molecule has 0 aliphatic carbocycles. The monoisotopic (exact) mass is 2000 g/mol. The number of aliphatic hydroxyl groups excluding tert-OH is 1. The Balaban J connectivity index is 1.60. The summed E-state index contributed by atoms with van der Waals surface area (Å²) in [6.07, 6.45) is 2.79. The first-order chi connectivity index (χ1) is 67.7. The number of aliphatic hydroxyl groups is 1. The fourth-order valence-corrected chi connectivity index (χ4v) is 15.4. The van der Waals surface area contributed by atoms with Crippen molar-refractivity contribution in [2.45, 2.75) is 315 Å². The number of nitrogens with two attached hydrogens (primary N) is 6. The number of fused-ring (bicyclic) bond motifs is 1. The molecule has 46 nitrogen and oxygen atoms in total. The molecule has 0 aliphatic rings. The van der Waals surface area contributed by atoms with Crippen LogP contribution in [0.15, 0.2) is 85.1 Å². The molecule has 0 aliphatic heterocycles. The van der Waals surface area contributed by atoms with Crippen molar-refractivity contribution in [1.82, 2.24) is 101 Å². The zero-order valence-electron chi connectivity index (χ0n) is 84.5. The number of carbonyl (C=O) groups is 17. The van der Waals surface area contributed by atoms with Gasteiger partial charge in [-0.3, -0.25) is 92.3 Å². The number of phenols is 1. The number of carbonyl (C=O) groups excluding carboxylic acids is 17. The van der Waals surface area contributed by atoms with Gasteiger partial charge in [0.15, 0.2) is 11.9 Å². The molecule has 0 saturated carbocycles. The predicted octanol–water partition coefficient (Wildman–Crippen LogP) is -2.69. The first kappa shape index (κ1) is 122. The smallest absolute Gasteiger partial charge is 0.245 e. The molecule has 19 atom stereocenters. The van der Waals surface area contributed by atoms with E-state index >= 15 is 14.4 Å². The zero-order valence-corrected chi connectivity index (χ0v) is 84.5. The lowest BCUT2D eigenvalue weighted by Gasteiger charge is -2.30. The molecule has 0 unspecified atom stereocenters. The first-order valence-corrected chi connectivity index (χ1v) is 49.1. The van der Waals surface area contributed by atoms with Crippen LogP contribution >= 0.6 is 0 Å². The lowest BCUT2D eigenvalue weighted by Crippen LogP contribution is -2.62. The SMILES string of the molecule is CC[C@H](C)[C@H](NC(=O)[C@H](C)NC(=O)[C@@H](NC(=O)[C@H](Cc1ccc(O)cc1)NC(C)=O)[C@@H](C)O)C(=O)N[C@@H](C)C(=O)N[C@@H](Cc1c[nH]c2ccccc12)C(=O)N[C@H](C(=O)N[C@@H](CCCCN)C(=O)N[C@@H](C)C(=O)N[C@@H](Cc1ccccc1)C(=O)N[C@H](C(=O)N[C@@H](CCCNC(=N)N)C(=O)N[C@@H](CCCCN)C(=O)N[C@@H](CC(C)C)C(=O)N[C@@H](CCCNC(=N)N)C(=O)N[C@@H](CCCCN)C(N)=O)[C@@H](C)CC)C(C)C. The number of hydrogen-bond acceptors (Lipinski definition) is 24. The van der Waals surface area contributed by atoms with E-state index in [9.17, 15) is 77.3 Å². The van der Waals surface area contributed by atoms with Crippen LogP contribution in [0.25, 0.3) is 10.9 Å². The maximum absolute atomic E-state index is 15.1. The number of phenolic OH excluding ortho intramolecular Hbond substituents is 1. The van der Waals surface area contributed by atoms with E-state index in [1.54, 1.807) is 116 Å². The van der Waals surface area contributed by atoms with E-state index in [0.717, 1.165) is 0 Å². The second kappa shape index (κ2) is 63.3. The summed E-state index contributed by atoms with van der Waals surface area (Å²) in [6, 6.07) is -0.865. The molecule has 0 spiro atoms. The van der Waals surface area contributed by atoms with E-state index in [2.05, 4.69) is 101 Å². The van der Waals surface area contributed by atoms with Gasteiger partial charge in [0.25, 0.3) is 0 Å². The van der Waals surface area contributed by atoms with Gasteiger partial charge in [0, 0.05) is 56.4 Å². The molecule has 143 heavy (non-hydrogen) atoms. The van der Waals surface area contributed by atoms with Crippen LogP contribution in [0.2, 0.25) is 0 Å². The van der Waals surface area contributed by atoms with Crippen molar-refractivity contribution >= 4 is 123 Å². The van der Waals surface area contributed by atoms with Crippen LogP contribution in [-0.4, -0.2) is 263 Å². The Labute approximate surface area is 835 Å². The lowest BCUT2D eigenvalue weighted by atomic mass is 9.96. The van der Waals surface area contributed by atoms with Gasteiger partial charge in [0.05, 0.1) is 6.10 Å². The Morgan fingerprint density at radius 2 is 0.678 bits per heavy atom. The molecule has 4 aromatic rings. The van der Waals surface area contributed by atoms with E-state index < -0.39 is 227 Å². The minimum atomic E-state index is -1.66. The van der Waals surface area contributed by atoms with Gasteiger partial charge in [-0.1, -0.05) is 129 Å². The number of para-hydroxylation sites is 1. The number of amides is 17. The van der Waals surface area contributed by atoms with Crippen LogP contribution < -0.4 is 130 Å². The average Bonchev–Trinajstić information content (AvgIpc) is 1.68. The Hall–Kier alpha value is -13.6. The van der Waals surface area contributed by atoms with Gasteiger partial charge in [0.1, 0.15) is 102 Å². The minimum absolute atomic E-state index is 0.0237. The number of H-pyrrole nitrogens is 1. The Morgan fingerprint density at radius 3 is 1.10 bits per heavy atom. The third-order valence-corrected chi connectivity index (χ3v) is 24.2. The highest BCUT2D eigenvalue weighted by Gasteiger charge is 2.41. The van der Waals surface area contributed by atoms with Crippen molar-refractivity contribution in [3.8, 4) is 5.75 Å². The molecule has 4 rings (SSSR count). The van der Waals surface area contributed by atoms with E-state index in [0.29, 0.717) is 66.2 Å². The molecule has 0 saturated heterocycles. The fourth-order valence-electron chi connectivity index (χ4n) is 15.4. The molecule has 0 radical (unpaired) electrons. The second-order valence-corrected chi connectivity index (χ2v) is 37.1. The molecule has 46 heteroatoms. The summed E-state index contributed by atoms with van der Waals surface area (Å²) in [5, 5.41) is 84.6. The fraction of sp³-hybridized carbons (Fsp3) is 0.598. The quantitative estimate of drug-likeness (QED) is 0.0122. The van der Waals surface area contributed by atoms with Gasteiger partial charge in [-0.15, -0.1) is 0 Å². The number of primary amides is 1. The van der Waals surface area contributed by atoms with Crippen LogP contribution in [0.3, 0.4) is 0 Å². The number of benzene rings is 3. The molecule has 1 heterocycles. The molecule has 1 aromatic heterocycles. The third-order valence-electron chi connectivity index (χ3n) is 24.2. The van der Waals surface area contributed by atoms with E-state index in [4.69, 9.17) is 45.2 Å². The lowest BCUT2D eigenvalue weighted by molar-refractivity contribution is -0.137. The van der Waals surface area contributed by atoms with Crippen molar-refractivity contribution < 1.29 is 91.7 Å². The number of aromatic nitrogens is 1. The van der Waals surface area contributed by atoms with E-state index in [-0.39, 0.29) is 134 Å². The van der Waals surface area contributed by atoms with Crippen LogP contribution in [0.5, 0.6) is 5.75 Å². The molecular weight excluding hydrogens is 1850 g/mol. The second-order valence-electron chi connectivity index (χ2n) is 37.1. The minimum Gasteiger partial charge on any atom is -0.508 e. The molecule has 17 amide bonds. The van der Waals surface area contributed by atoms with E-state index in [1.807, 2.05) is 0 Å². The van der Waals surface area contributed by atoms with Crippen molar-refractivity contribution in [3.05, 3.63) is 102 Å². The van der Waals surface area contributed by atoms with Crippen molar-refractivity contribution in [3.63, 3.8) is 0 Å². The number of guanidine groups is 2. The van der Waals surface area contributed by atoms with Gasteiger partial charge in [-0.05, 0) is 196 Å². The maximum Gasteiger partial charge on any atom is 0.245 e. The summed E-state index contributed by atoms with van der Waals surface area (Å²) in [7, 11) is 0. The Bertz CT molecular complexity index is 4850. The highest BCUT2D eigenvalue weighted by molar-refractivity contribution is 6.02. The zero-order chi connectivity index (χ0) is 107. The largest absolute Gasteiger partial charge is 0.508 e. The summed E-state index contributed by atoms with van der Waals surface area (Å²) >= 11 is 0. The van der Waals surface area contributed by atoms with Gasteiger partial charge >= 0.3 is 0 Å². The summed E-state index contributed by atoms with van der Waals surface area (Å²) in [5.41, 5.74) is 36.6. The number of aromatic hydroxyl groups is 1. The number of hydrogen-bond donors (Lipinski definition) is 29. The number of rotatable bonds is 66. The topological polar surface area (TPSA) is 767 Å². The van der Waals surface area contributed by atoms with Crippen LogP contribution in [-0.2, 0) is 101 Å². The van der Waals surface area contributed by atoms with Gasteiger partial charge in [-0.2, -0.15) is 0 Å². The Kier molecular flexibility index (Phi) is 53.9. The highest BCUT2D eigenvalue weighted by atomic mass is 16.3. The average molecular weight is 2010 g/mol. The maximum atomic E-state index is 15.1. The van der Waals surface area contributed by atoms with Gasteiger partial charge in [0.2, 0.25) is 100 Å². The standard InChI is InChI=1S/C97H157N27O19/c1-14-54(7)77(122-83(131)58(11)111-95(143)79(59(12)125)124-89(137)73(112-60(13)126)49-62-38-40-64(127)41-39-62)93(141)110-57(10)82(130)119-75(50-63-51-108-66-32-20-19-31-65(63)66)91(139)121-76(53(5)6)92(140)116-68(34-22-25-43-99)84(132)109-56(9)81(129)118-74(48-61-29-17-16-18-30-61)90(138)123-78(55(8)15-2)94(142)117-71(37-28-46-107-97(104)105)86(134)114-69(35-23-26-44-100)87(135)120-72(47-52(3)4)88(136)115-70(36-27-45-106-96(102)103)85(133)113-67(80(101)128)33-21-24-42-98/h16-20,29-32,38-41,51-59,67-79,108,125,127H,14-15,21-28,33-37,42-50,98-100H2,1-13H3,(H2,101,128)(H,109,132)(H,110,141)(H,111,143)(H,112,126)(H,113,133)(H,114,134)(H,115,136)(H,116,140)(H,117,142)(H,118,129)(H,119,130)(H,120,135)(H,121,139)(H,122,131)(H,123,138)(H,124,137)(H4,102,103,106)(H4,104,105,107)/t54-,55-,56-,57-,58-,59+,67-,68-,69-,70-,71-,72-,73-,74-,75-,76-,77-,78-,79-/m0/s1. The Morgan fingerprint density at radius 1 is 0.350 bits per heavy atom. The molecule has 0 bridgehead atoms. The third kappa shape index (κ3) is 43.4. The molecular formula is C97H157N27O19. The number of aromatic amines is 1. The predicted molar refractivity (Wildman–Crippen MR) is 539 cm³/mol. The van der Waals surface area contributed by atoms with Crippen LogP contribution in [0.1, 0.15) is 209 Å². The van der Waals surface area contributed by atoms with Crippen LogP contribution in [0.4, 0.5) is 0 Å². The summed E-state index contributed by atoms with van der Waals surface area (Å²) < 4.78 is 0. The number of unbranched alkanes of at least 4 members (excludes halogenated alkanes) is 3. The van der Waals surface area contributed by atoms with Crippen molar-refractivity contribution in [2.75, 3.05) is 32.7 Å². The summed E-state index contributed by atoms with van der Waals surface area (Å²) in [6.45, 7) is 20.8.